The molecule has 1 aliphatic rings. The van der Waals surface area contributed by atoms with Crippen molar-refractivity contribution in [3.63, 3.8) is 0 Å². The van der Waals surface area contributed by atoms with Gasteiger partial charge in [-0.15, -0.1) is 0 Å². The van der Waals surface area contributed by atoms with Crippen LogP contribution in [0.2, 0.25) is 5.02 Å². The molecule has 2 rings (SSSR count). The Balaban J connectivity index is 2.24. The standard InChI is InChI=1S/C14H17BrClNO2/c1-2-14(13(18)19)6-3-7-17(14)9-10-4-5-11(16)8-12(10)15/h4-5,8H,2-3,6-7,9H2,1H3,(H,18,19). The lowest BCUT2D eigenvalue weighted by Crippen LogP contribution is -2.49. The van der Waals surface area contributed by atoms with Crippen LogP contribution in [0.4, 0.5) is 0 Å². The second kappa shape index (κ2) is 5.81. The molecule has 0 amide bonds. The number of carboxylic acids is 1. The molecule has 0 bridgehead atoms. The Labute approximate surface area is 126 Å². The molecule has 1 fully saturated rings. The van der Waals surface area contributed by atoms with Crippen LogP contribution in [0, 0.1) is 0 Å². The summed E-state index contributed by atoms with van der Waals surface area (Å²) in [6.07, 6.45) is 2.29. The second-order valence-corrected chi connectivity index (χ2v) is 6.24. The van der Waals surface area contributed by atoms with E-state index in [1.54, 1.807) is 0 Å². The Hall–Kier alpha value is -0.580. The predicted molar refractivity (Wildman–Crippen MR) is 79.5 cm³/mol. The van der Waals surface area contributed by atoms with Gasteiger partial charge >= 0.3 is 5.97 Å². The molecule has 3 nitrogen and oxygen atoms in total. The number of rotatable bonds is 4. The molecule has 1 aromatic carbocycles. The first-order valence-corrected chi connectivity index (χ1v) is 7.59. The van der Waals surface area contributed by atoms with Crippen molar-refractivity contribution >= 4 is 33.5 Å². The fraction of sp³-hybridized carbons (Fsp3) is 0.500. The topological polar surface area (TPSA) is 40.5 Å². The maximum atomic E-state index is 11.6. The van der Waals surface area contributed by atoms with Crippen molar-refractivity contribution in [1.82, 2.24) is 4.90 Å². The van der Waals surface area contributed by atoms with E-state index < -0.39 is 11.5 Å². The van der Waals surface area contributed by atoms with Crippen LogP contribution < -0.4 is 0 Å². The van der Waals surface area contributed by atoms with E-state index in [0.29, 0.717) is 18.0 Å². The Morgan fingerprint density at radius 1 is 1.58 bits per heavy atom. The third-order valence-corrected chi connectivity index (χ3v) is 4.96. The number of aliphatic carboxylic acids is 1. The van der Waals surface area contributed by atoms with Crippen LogP contribution in [0.3, 0.4) is 0 Å². The predicted octanol–water partition coefficient (Wildman–Crippen LogP) is 3.93. The zero-order valence-corrected chi connectivity index (χ0v) is 13.2. The van der Waals surface area contributed by atoms with E-state index in [1.807, 2.05) is 25.1 Å². The number of hydrogen-bond acceptors (Lipinski definition) is 2. The largest absolute Gasteiger partial charge is 0.480 e. The maximum Gasteiger partial charge on any atom is 0.324 e. The molecule has 0 radical (unpaired) electrons. The molecule has 1 aromatic rings. The minimum Gasteiger partial charge on any atom is -0.480 e. The molecule has 0 saturated carbocycles. The van der Waals surface area contributed by atoms with E-state index in [1.165, 1.54) is 0 Å². The highest BCUT2D eigenvalue weighted by atomic mass is 79.9. The van der Waals surface area contributed by atoms with Crippen molar-refractivity contribution in [1.29, 1.82) is 0 Å². The lowest BCUT2D eigenvalue weighted by molar-refractivity contribution is -0.150. The van der Waals surface area contributed by atoms with Gasteiger partial charge in [-0.2, -0.15) is 0 Å². The molecular formula is C14H17BrClNO2. The first kappa shape index (κ1) is 14.8. The van der Waals surface area contributed by atoms with Gasteiger partial charge in [0.05, 0.1) is 0 Å². The molecule has 19 heavy (non-hydrogen) atoms. The fourth-order valence-electron chi connectivity index (χ4n) is 2.81. The summed E-state index contributed by atoms with van der Waals surface area (Å²) in [5, 5.41) is 10.2. The minimum absolute atomic E-state index is 0.632. The highest BCUT2D eigenvalue weighted by Crippen LogP contribution is 2.35. The van der Waals surface area contributed by atoms with Crippen LogP contribution in [-0.4, -0.2) is 28.1 Å². The highest BCUT2D eigenvalue weighted by molar-refractivity contribution is 9.10. The summed E-state index contributed by atoms with van der Waals surface area (Å²) in [4.78, 5) is 13.7. The second-order valence-electron chi connectivity index (χ2n) is 4.95. The smallest absolute Gasteiger partial charge is 0.324 e. The Kier molecular flexibility index (Phi) is 4.54. The van der Waals surface area contributed by atoms with E-state index >= 15 is 0 Å². The Morgan fingerprint density at radius 2 is 2.32 bits per heavy atom. The first-order chi connectivity index (χ1) is 8.99. The summed E-state index contributed by atoms with van der Waals surface area (Å²) >= 11 is 9.42. The van der Waals surface area contributed by atoms with Gasteiger partial charge in [0.2, 0.25) is 0 Å². The van der Waals surface area contributed by atoms with Gasteiger partial charge in [-0.1, -0.05) is 40.5 Å². The van der Waals surface area contributed by atoms with Gasteiger partial charge in [-0.25, -0.2) is 0 Å². The fourth-order valence-corrected chi connectivity index (χ4v) is 3.62. The Morgan fingerprint density at radius 3 is 2.89 bits per heavy atom. The lowest BCUT2D eigenvalue weighted by atomic mass is 9.92. The third kappa shape index (κ3) is 2.81. The molecule has 0 aromatic heterocycles. The van der Waals surface area contributed by atoms with Crippen molar-refractivity contribution in [2.45, 2.75) is 38.3 Å². The SMILES string of the molecule is CCC1(C(=O)O)CCCN1Cc1ccc(Cl)cc1Br. The summed E-state index contributed by atoms with van der Waals surface area (Å²) in [7, 11) is 0. The van der Waals surface area contributed by atoms with Gasteiger partial charge in [0, 0.05) is 16.0 Å². The Bertz CT molecular complexity index is 494. The number of carboxylic acid groups (broad SMARTS) is 1. The van der Waals surface area contributed by atoms with Crippen LogP contribution in [0.15, 0.2) is 22.7 Å². The zero-order valence-electron chi connectivity index (χ0n) is 10.8. The molecule has 1 unspecified atom stereocenters. The number of hydrogen-bond donors (Lipinski definition) is 1. The molecule has 1 N–H and O–H groups in total. The van der Waals surface area contributed by atoms with Crippen LogP contribution in [0.25, 0.3) is 0 Å². The summed E-state index contributed by atoms with van der Waals surface area (Å²) in [6.45, 7) is 3.41. The molecular weight excluding hydrogens is 330 g/mol. The molecule has 104 valence electrons. The summed E-state index contributed by atoms with van der Waals surface area (Å²) in [5.74, 6) is -0.711. The number of likely N-dealkylation sites (tertiary alicyclic amines) is 1. The van der Waals surface area contributed by atoms with Crippen LogP contribution >= 0.6 is 27.5 Å². The number of carbonyl (C=O) groups is 1. The van der Waals surface area contributed by atoms with E-state index in [-0.39, 0.29) is 0 Å². The van der Waals surface area contributed by atoms with Crippen molar-refractivity contribution in [2.75, 3.05) is 6.54 Å². The van der Waals surface area contributed by atoms with Gasteiger partial charge in [0.1, 0.15) is 5.54 Å². The van der Waals surface area contributed by atoms with Gasteiger partial charge in [0.15, 0.2) is 0 Å². The van der Waals surface area contributed by atoms with Gasteiger partial charge in [-0.3, -0.25) is 9.69 Å². The molecule has 1 atom stereocenters. The monoisotopic (exact) mass is 345 g/mol. The number of nitrogens with zero attached hydrogens (tertiary/aromatic N) is 1. The van der Waals surface area contributed by atoms with Crippen molar-refractivity contribution in [3.05, 3.63) is 33.3 Å². The average Bonchev–Trinajstić information content (AvgIpc) is 2.76. The quantitative estimate of drug-likeness (QED) is 0.898. The molecule has 5 heteroatoms. The maximum absolute atomic E-state index is 11.6. The van der Waals surface area contributed by atoms with Crippen molar-refractivity contribution < 1.29 is 9.90 Å². The van der Waals surface area contributed by atoms with Crippen LogP contribution in [0.5, 0.6) is 0 Å². The van der Waals surface area contributed by atoms with Crippen LogP contribution in [-0.2, 0) is 11.3 Å². The molecule has 1 aliphatic heterocycles. The van der Waals surface area contributed by atoms with E-state index in [0.717, 1.165) is 29.4 Å². The van der Waals surface area contributed by atoms with Gasteiger partial charge in [-0.05, 0) is 43.5 Å². The van der Waals surface area contributed by atoms with Gasteiger partial charge in [0.25, 0.3) is 0 Å². The number of halogens is 2. The summed E-state index contributed by atoms with van der Waals surface area (Å²) in [6, 6.07) is 5.64. The van der Waals surface area contributed by atoms with E-state index in [4.69, 9.17) is 11.6 Å². The lowest BCUT2D eigenvalue weighted by Gasteiger charge is -2.34. The van der Waals surface area contributed by atoms with Crippen molar-refractivity contribution in [2.24, 2.45) is 0 Å². The van der Waals surface area contributed by atoms with E-state index in [2.05, 4.69) is 20.8 Å². The molecule has 1 saturated heterocycles. The third-order valence-electron chi connectivity index (χ3n) is 3.98. The molecule has 0 aliphatic carbocycles. The molecule has 1 heterocycles. The summed E-state index contributed by atoms with van der Waals surface area (Å²) < 4.78 is 0.933. The minimum atomic E-state index is -0.711. The van der Waals surface area contributed by atoms with E-state index in [9.17, 15) is 9.90 Å². The average molecular weight is 347 g/mol. The first-order valence-electron chi connectivity index (χ1n) is 6.42. The highest BCUT2D eigenvalue weighted by Gasteiger charge is 2.45. The zero-order chi connectivity index (χ0) is 14.0. The van der Waals surface area contributed by atoms with Crippen LogP contribution in [0.1, 0.15) is 31.7 Å². The molecule has 0 spiro atoms. The van der Waals surface area contributed by atoms with Crippen molar-refractivity contribution in [3.8, 4) is 0 Å². The normalized spacial score (nSPS) is 23.7. The van der Waals surface area contributed by atoms with Gasteiger partial charge < -0.3 is 5.11 Å². The summed E-state index contributed by atoms with van der Waals surface area (Å²) in [5.41, 5.74) is 0.365. The number of benzene rings is 1.